The highest BCUT2D eigenvalue weighted by atomic mass is 32.2. The number of hydrogen-bond acceptors (Lipinski definition) is 8. The fourth-order valence-electron chi connectivity index (χ4n) is 5.23. The molecule has 196 valence electrons. The zero-order chi connectivity index (χ0) is 26.1. The second-order valence-corrected chi connectivity index (χ2v) is 11.0. The molecule has 2 N–H and O–H groups in total. The zero-order valence-corrected chi connectivity index (χ0v) is 21.8. The van der Waals surface area contributed by atoms with E-state index in [0.717, 1.165) is 12.8 Å². The average Bonchev–Trinajstić information content (AvgIpc) is 3.74. The van der Waals surface area contributed by atoms with Crippen molar-refractivity contribution in [2.45, 2.75) is 74.4 Å². The van der Waals surface area contributed by atoms with Crippen molar-refractivity contribution in [2.75, 3.05) is 19.5 Å². The van der Waals surface area contributed by atoms with Gasteiger partial charge in [-0.05, 0) is 64.3 Å². The largest absolute Gasteiger partial charge is 0.478 e. The lowest BCUT2D eigenvalue weighted by molar-refractivity contribution is -0.124. The number of methoxy groups -OCH3 is 1. The van der Waals surface area contributed by atoms with E-state index < -0.39 is 35.8 Å². The number of amides is 2. The Kier molecular flexibility index (Phi) is 7.80. The van der Waals surface area contributed by atoms with Gasteiger partial charge in [-0.15, -0.1) is 11.8 Å². The number of allylic oxidation sites excluding steroid dienone is 1. The Hall–Kier alpha value is -2.40. The Morgan fingerprint density at radius 1 is 1.25 bits per heavy atom. The molecule has 2 saturated heterocycles. The number of carboxylic acid groups (broad SMARTS) is 1. The summed E-state index contributed by atoms with van der Waals surface area (Å²) in [4.78, 5) is 36.5. The summed E-state index contributed by atoms with van der Waals surface area (Å²) in [6.07, 6.45) is 2.52. The molecular weight excluding hydrogens is 486 g/mol. The molecule has 3 aliphatic rings. The molecule has 1 saturated carbocycles. The lowest BCUT2D eigenvalue weighted by atomic mass is 9.68. The standard InChI is InChI=1S/C26H33NO8S/c1-15(2)5-10-19-25(3,35-19)22-21(32-4)18(11-12-26(22)14-33-26)34-24(31)27-20(28)13-36-17-8-6-16(7-9-17)23(29)30/h5-9,18-19,21-22H,10-14H2,1-4H3,(H,29,30)(H,27,28,31)/t18-,19-,21-,22-,25+,26+/m1/s1. The van der Waals surface area contributed by atoms with E-state index >= 15 is 0 Å². The number of benzene rings is 1. The topological polar surface area (TPSA) is 127 Å². The molecule has 4 rings (SSSR count). The van der Waals surface area contributed by atoms with Crippen molar-refractivity contribution in [1.29, 1.82) is 0 Å². The van der Waals surface area contributed by atoms with Crippen molar-refractivity contribution >= 4 is 29.7 Å². The maximum Gasteiger partial charge on any atom is 0.414 e. The molecule has 9 nitrogen and oxygen atoms in total. The summed E-state index contributed by atoms with van der Waals surface area (Å²) >= 11 is 1.19. The van der Waals surface area contributed by atoms with Gasteiger partial charge in [-0.3, -0.25) is 10.1 Å². The van der Waals surface area contributed by atoms with Crippen LogP contribution in [0.15, 0.2) is 40.8 Å². The van der Waals surface area contributed by atoms with Crippen LogP contribution in [0.2, 0.25) is 0 Å². The number of nitrogens with one attached hydrogen (secondary N) is 1. The number of epoxide rings is 2. The van der Waals surface area contributed by atoms with Crippen LogP contribution >= 0.6 is 11.8 Å². The number of imide groups is 1. The number of carbonyl (C=O) groups excluding carboxylic acids is 2. The Morgan fingerprint density at radius 2 is 1.94 bits per heavy atom. The summed E-state index contributed by atoms with van der Waals surface area (Å²) in [6.45, 7) is 6.82. The van der Waals surface area contributed by atoms with Gasteiger partial charge in [-0.1, -0.05) is 11.6 Å². The molecule has 10 heteroatoms. The fourth-order valence-corrected chi connectivity index (χ4v) is 5.93. The Bertz CT molecular complexity index is 1030. The van der Waals surface area contributed by atoms with E-state index in [4.69, 9.17) is 24.1 Å². The number of carboxylic acids is 1. The summed E-state index contributed by atoms with van der Waals surface area (Å²) in [5, 5.41) is 11.2. The first-order valence-electron chi connectivity index (χ1n) is 12.0. The maximum absolute atomic E-state index is 12.6. The number of alkyl carbamates (subject to hydrolysis) is 1. The summed E-state index contributed by atoms with van der Waals surface area (Å²) in [5.41, 5.74) is 0.631. The molecule has 2 aliphatic heterocycles. The first kappa shape index (κ1) is 26.7. The molecular formula is C26H33NO8S. The minimum atomic E-state index is -1.02. The summed E-state index contributed by atoms with van der Waals surface area (Å²) in [5.74, 6) is -1.64. The van der Waals surface area contributed by atoms with Crippen LogP contribution in [-0.4, -0.2) is 72.1 Å². The van der Waals surface area contributed by atoms with Gasteiger partial charge in [0, 0.05) is 12.0 Å². The molecule has 1 aliphatic carbocycles. The van der Waals surface area contributed by atoms with Crippen LogP contribution in [0.4, 0.5) is 4.79 Å². The minimum absolute atomic E-state index is 0.0164. The number of carbonyl (C=O) groups is 3. The van der Waals surface area contributed by atoms with Crippen molar-refractivity contribution in [2.24, 2.45) is 5.92 Å². The summed E-state index contributed by atoms with van der Waals surface area (Å²) in [6, 6.07) is 6.16. The predicted octanol–water partition coefficient (Wildman–Crippen LogP) is 3.81. The van der Waals surface area contributed by atoms with Crippen molar-refractivity contribution in [3.63, 3.8) is 0 Å². The highest BCUT2D eigenvalue weighted by Crippen LogP contribution is 2.59. The van der Waals surface area contributed by atoms with Gasteiger partial charge in [0.15, 0.2) is 0 Å². The van der Waals surface area contributed by atoms with Gasteiger partial charge in [-0.25, -0.2) is 9.59 Å². The second kappa shape index (κ2) is 10.5. The summed E-state index contributed by atoms with van der Waals surface area (Å²) < 4.78 is 23.6. The third-order valence-corrected chi connectivity index (χ3v) is 8.22. The van der Waals surface area contributed by atoms with Crippen molar-refractivity contribution < 1.29 is 38.4 Å². The quantitative estimate of drug-likeness (QED) is 0.284. The Balaban J connectivity index is 1.32. The zero-order valence-electron chi connectivity index (χ0n) is 20.9. The number of rotatable bonds is 9. The predicted molar refractivity (Wildman–Crippen MR) is 132 cm³/mol. The normalized spacial score (nSPS) is 32.4. The Labute approximate surface area is 214 Å². The molecule has 0 bridgehead atoms. The molecule has 2 heterocycles. The van der Waals surface area contributed by atoms with Crippen LogP contribution in [-0.2, 0) is 23.7 Å². The van der Waals surface area contributed by atoms with Gasteiger partial charge in [-0.2, -0.15) is 0 Å². The molecule has 3 fully saturated rings. The van der Waals surface area contributed by atoms with Gasteiger partial charge < -0.3 is 24.1 Å². The average molecular weight is 520 g/mol. The molecule has 1 spiro atoms. The first-order valence-corrected chi connectivity index (χ1v) is 13.0. The highest BCUT2D eigenvalue weighted by molar-refractivity contribution is 8.00. The van der Waals surface area contributed by atoms with Crippen LogP contribution in [0.3, 0.4) is 0 Å². The van der Waals surface area contributed by atoms with Crippen molar-refractivity contribution in [3.05, 3.63) is 41.5 Å². The monoisotopic (exact) mass is 519 g/mol. The van der Waals surface area contributed by atoms with Crippen LogP contribution in [0.5, 0.6) is 0 Å². The van der Waals surface area contributed by atoms with Crippen molar-refractivity contribution in [3.8, 4) is 0 Å². The van der Waals surface area contributed by atoms with Gasteiger partial charge >= 0.3 is 12.1 Å². The molecule has 36 heavy (non-hydrogen) atoms. The fraction of sp³-hybridized carbons (Fsp3) is 0.577. The van der Waals surface area contributed by atoms with Crippen LogP contribution in [0.1, 0.15) is 50.4 Å². The van der Waals surface area contributed by atoms with Gasteiger partial charge in [0.25, 0.3) is 0 Å². The van der Waals surface area contributed by atoms with Gasteiger partial charge in [0.05, 0.1) is 29.9 Å². The van der Waals surface area contributed by atoms with Gasteiger partial charge in [0.2, 0.25) is 5.91 Å². The highest BCUT2D eigenvalue weighted by Gasteiger charge is 2.72. The molecule has 1 aromatic carbocycles. The first-order chi connectivity index (χ1) is 17.1. The lowest BCUT2D eigenvalue weighted by Crippen LogP contribution is -2.56. The van der Waals surface area contributed by atoms with E-state index in [-0.39, 0.29) is 28.9 Å². The SMILES string of the molecule is CO[C@@H]1[C@H](OC(=O)NC(=O)CSc2ccc(C(=O)O)cc2)CC[C@]2(CO2)[C@H]1[C@@]1(C)O[C@@H]1CC=C(C)C. The van der Waals surface area contributed by atoms with Crippen LogP contribution in [0, 0.1) is 5.92 Å². The Morgan fingerprint density at radius 3 is 2.53 bits per heavy atom. The number of ether oxygens (including phenoxy) is 4. The van der Waals surface area contributed by atoms with Gasteiger partial charge in [0.1, 0.15) is 23.4 Å². The van der Waals surface area contributed by atoms with E-state index in [0.29, 0.717) is 17.9 Å². The third-order valence-electron chi connectivity index (χ3n) is 7.21. The molecule has 1 aromatic rings. The van der Waals surface area contributed by atoms with E-state index in [1.807, 2.05) is 0 Å². The van der Waals surface area contributed by atoms with Crippen LogP contribution < -0.4 is 5.32 Å². The number of aromatic carboxylic acids is 1. The molecule has 0 unspecified atom stereocenters. The van der Waals surface area contributed by atoms with Crippen LogP contribution in [0.25, 0.3) is 0 Å². The second-order valence-electron chi connectivity index (χ2n) is 9.99. The summed E-state index contributed by atoms with van der Waals surface area (Å²) in [7, 11) is 1.60. The lowest BCUT2D eigenvalue weighted by Gasteiger charge is -2.42. The van der Waals surface area contributed by atoms with E-state index in [9.17, 15) is 14.4 Å². The third kappa shape index (κ3) is 5.77. The van der Waals surface area contributed by atoms with E-state index in [1.165, 1.54) is 29.5 Å². The molecule has 0 radical (unpaired) electrons. The molecule has 6 atom stereocenters. The maximum atomic E-state index is 12.6. The number of thioether (sulfide) groups is 1. The van der Waals surface area contributed by atoms with E-state index in [1.54, 1.807) is 19.2 Å². The minimum Gasteiger partial charge on any atom is -0.478 e. The number of hydrogen-bond donors (Lipinski definition) is 2. The van der Waals surface area contributed by atoms with Crippen molar-refractivity contribution in [1.82, 2.24) is 5.32 Å². The molecule has 0 aromatic heterocycles. The molecule has 2 amide bonds. The van der Waals surface area contributed by atoms with E-state index in [2.05, 4.69) is 32.2 Å². The smallest absolute Gasteiger partial charge is 0.414 e.